The number of rotatable bonds is 5. The molecule has 0 bridgehead atoms. The summed E-state index contributed by atoms with van der Waals surface area (Å²) in [5.74, 6) is -0.848. The second kappa shape index (κ2) is 8.34. The van der Waals surface area contributed by atoms with E-state index in [1.165, 1.54) is 36.8 Å². The maximum atomic E-state index is 13.9. The lowest BCUT2D eigenvalue weighted by atomic mass is 10.1. The standard InChI is InChI=1S/C20H18FN5O2/c1-12(2)19(27)25-17-9-13(7-8-23-17)20(28)26-18-11-22-10-16(24-18)14-5-3-4-6-15(14)21/h3-12H,1-2H3,(H,23,25,27)(H,24,26,28). The molecule has 0 aliphatic heterocycles. The molecule has 0 aliphatic carbocycles. The summed E-state index contributed by atoms with van der Waals surface area (Å²) in [6.45, 7) is 3.51. The molecule has 0 spiro atoms. The van der Waals surface area contributed by atoms with Gasteiger partial charge in [-0.1, -0.05) is 26.0 Å². The number of nitrogens with one attached hydrogen (secondary N) is 2. The van der Waals surface area contributed by atoms with Gasteiger partial charge in [0, 0.05) is 23.2 Å². The first-order valence-electron chi connectivity index (χ1n) is 8.59. The summed E-state index contributed by atoms with van der Waals surface area (Å²) in [5.41, 5.74) is 0.872. The molecule has 0 atom stereocenters. The van der Waals surface area contributed by atoms with Crippen molar-refractivity contribution < 1.29 is 14.0 Å². The molecule has 2 aromatic heterocycles. The second-order valence-electron chi connectivity index (χ2n) is 6.30. The third-order valence-corrected chi connectivity index (χ3v) is 3.82. The van der Waals surface area contributed by atoms with Crippen molar-refractivity contribution in [3.8, 4) is 11.3 Å². The minimum absolute atomic E-state index is 0.176. The first-order valence-corrected chi connectivity index (χ1v) is 8.59. The maximum Gasteiger partial charge on any atom is 0.257 e. The van der Waals surface area contributed by atoms with Crippen molar-refractivity contribution in [2.75, 3.05) is 10.6 Å². The first kappa shape index (κ1) is 19.1. The van der Waals surface area contributed by atoms with Crippen LogP contribution in [0.4, 0.5) is 16.0 Å². The van der Waals surface area contributed by atoms with Gasteiger partial charge >= 0.3 is 0 Å². The minimum atomic E-state index is -0.456. The number of benzene rings is 1. The summed E-state index contributed by atoms with van der Waals surface area (Å²) in [7, 11) is 0. The van der Waals surface area contributed by atoms with Crippen LogP contribution in [0.1, 0.15) is 24.2 Å². The first-order chi connectivity index (χ1) is 13.4. The van der Waals surface area contributed by atoms with Crippen LogP contribution in [-0.2, 0) is 4.79 Å². The third kappa shape index (κ3) is 4.53. The van der Waals surface area contributed by atoms with Crippen molar-refractivity contribution in [1.29, 1.82) is 0 Å². The Labute approximate surface area is 161 Å². The second-order valence-corrected chi connectivity index (χ2v) is 6.30. The molecular formula is C20H18FN5O2. The number of carbonyl (C=O) groups is 2. The van der Waals surface area contributed by atoms with Crippen molar-refractivity contribution in [3.05, 3.63) is 66.4 Å². The highest BCUT2D eigenvalue weighted by Crippen LogP contribution is 2.21. The van der Waals surface area contributed by atoms with Crippen LogP contribution in [0.5, 0.6) is 0 Å². The molecule has 0 saturated heterocycles. The van der Waals surface area contributed by atoms with Crippen LogP contribution in [0.3, 0.4) is 0 Å². The lowest BCUT2D eigenvalue weighted by Gasteiger charge is -2.09. The molecule has 0 radical (unpaired) electrons. The normalized spacial score (nSPS) is 10.6. The average molecular weight is 379 g/mol. The molecule has 2 N–H and O–H groups in total. The number of hydrogen-bond donors (Lipinski definition) is 2. The Kier molecular flexibility index (Phi) is 5.69. The number of hydrogen-bond acceptors (Lipinski definition) is 5. The van der Waals surface area contributed by atoms with Gasteiger partial charge in [-0.25, -0.2) is 14.4 Å². The lowest BCUT2D eigenvalue weighted by Crippen LogP contribution is -2.19. The highest BCUT2D eigenvalue weighted by atomic mass is 19.1. The van der Waals surface area contributed by atoms with Gasteiger partial charge in [-0.2, -0.15) is 0 Å². The summed E-state index contributed by atoms with van der Waals surface area (Å²) in [5, 5.41) is 5.25. The van der Waals surface area contributed by atoms with Crippen LogP contribution in [0.25, 0.3) is 11.3 Å². The van der Waals surface area contributed by atoms with Crippen LogP contribution in [-0.4, -0.2) is 26.8 Å². The van der Waals surface area contributed by atoms with Gasteiger partial charge in [-0.15, -0.1) is 0 Å². The molecule has 0 fully saturated rings. The van der Waals surface area contributed by atoms with E-state index in [1.807, 2.05) is 0 Å². The molecule has 1 aromatic carbocycles. The molecule has 0 unspecified atom stereocenters. The predicted molar refractivity (Wildman–Crippen MR) is 103 cm³/mol. The largest absolute Gasteiger partial charge is 0.310 e. The van der Waals surface area contributed by atoms with Gasteiger partial charge in [-0.05, 0) is 24.3 Å². The summed E-state index contributed by atoms with van der Waals surface area (Å²) < 4.78 is 13.9. The zero-order valence-corrected chi connectivity index (χ0v) is 15.3. The molecule has 8 heteroatoms. The van der Waals surface area contributed by atoms with Gasteiger partial charge in [0.05, 0.1) is 18.1 Å². The number of nitrogens with zero attached hydrogens (tertiary/aromatic N) is 3. The number of halogens is 1. The molecule has 2 amide bonds. The van der Waals surface area contributed by atoms with Crippen molar-refractivity contribution in [3.63, 3.8) is 0 Å². The van der Waals surface area contributed by atoms with Crippen molar-refractivity contribution >= 4 is 23.5 Å². The van der Waals surface area contributed by atoms with E-state index >= 15 is 0 Å². The molecule has 28 heavy (non-hydrogen) atoms. The number of anilines is 2. The maximum absolute atomic E-state index is 13.9. The van der Waals surface area contributed by atoms with Gasteiger partial charge < -0.3 is 10.6 Å². The Morgan fingerprint density at radius 3 is 2.57 bits per heavy atom. The van der Waals surface area contributed by atoms with Gasteiger partial charge in [0.25, 0.3) is 5.91 Å². The predicted octanol–water partition coefficient (Wildman–Crippen LogP) is 3.52. The lowest BCUT2D eigenvalue weighted by molar-refractivity contribution is -0.118. The van der Waals surface area contributed by atoms with Gasteiger partial charge in [0.1, 0.15) is 11.6 Å². The third-order valence-electron chi connectivity index (χ3n) is 3.82. The molecule has 0 saturated carbocycles. The highest BCUT2D eigenvalue weighted by Gasteiger charge is 2.13. The average Bonchev–Trinajstić information content (AvgIpc) is 2.68. The fraction of sp³-hybridized carbons (Fsp3) is 0.150. The fourth-order valence-corrected chi connectivity index (χ4v) is 2.32. The summed E-state index contributed by atoms with van der Waals surface area (Å²) in [6, 6.07) is 9.15. The smallest absolute Gasteiger partial charge is 0.257 e. The molecule has 0 aliphatic rings. The van der Waals surface area contributed by atoms with Gasteiger partial charge in [0.15, 0.2) is 5.82 Å². The van der Waals surface area contributed by atoms with Crippen LogP contribution in [0, 0.1) is 11.7 Å². The monoisotopic (exact) mass is 379 g/mol. The van der Waals surface area contributed by atoms with Crippen LogP contribution in [0.15, 0.2) is 55.0 Å². The molecule has 142 valence electrons. The van der Waals surface area contributed by atoms with Gasteiger partial charge in [0.2, 0.25) is 5.91 Å². The summed E-state index contributed by atoms with van der Waals surface area (Å²) in [6.07, 6.45) is 4.21. The molecule has 7 nitrogen and oxygen atoms in total. The Morgan fingerprint density at radius 2 is 1.82 bits per heavy atom. The van der Waals surface area contributed by atoms with E-state index < -0.39 is 11.7 Å². The molecule has 3 rings (SSSR count). The van der Waals surface area contributed by atoms with E-state index in [9.17, 15) is 14.0 Å². The quantitative estimate of drug-likeness (QED) is 0.707. The summed E-state index contributed by atoms with van der Waals surface area (Å²) in [4.78, 5) is 36.6. The van der Waals surface area contributed by atoms with E-state index in [1.54, 1.807) is 32.0 Å². The van der Waals surface area contributed by atoms with E-state index in [-0.39, 0.29) is 34.6 Å². The SMILES string of the molecule is CC(C)C(=O)Nc1cc(C(=O)Nc2cncc(-c3ccccc3F)n2)ccn1. The fourth-order valence-electron chi connectivity index (χ4n) is 2.32. The molecule has 3 aromatic rings. The summed E-state index contributed by atoms with van der Waals surface area (Å²) >= 11 is 0. The van der Waals surface area contributed by atoms with E-state index in [0.29, 0.717) is 5.69 Å². The van der Waals surface area contributed by atoms with Crippen molar-refractivity contribution in [1.82, 2.24) is 15.0 Å². The number of carbonyl (C=O) groups excluding carboxylic acids is 2. The number of amides is 2. The molecule has 2 heterocycles. The zero-order valence-electron chi connectivity index (χ0n) is 15.3. The van der Waals surface area contributed by atoms with Crippen LogP contribution < -0.4 is 10.6 Å². The Hall–Kier alpha value is -3.68. The Morgan fingerprint density at radius 1 is 1.04 bits per heavy atom. The van der Waals surface area contributed by atoms with E-state index in [0.717, 1.165) is 0 Å². The Balaban J connectivity index is 1.78. The van der Waals surface area contributed by atoms with E-state index in [2.05, 4.69) is 25.6 Å². The highest BCUT2D eigenvalue weighted by molar-refractivity contribution is 6.04. The van der Waals surface area contributed by atoms with Crippen LogP contribution >= 0.6 is 0 Å². The van der Waals surface area contributed by atoms with E-state index in [4.69, 9.17) is 0 Å². The number of pyridine rings is 1. The zero-order chi connectivity index (χ0) is 20.1. The minimum Gasteiger partial charge on any atom is -0.310 e. The van der Waals surface area contributed by atoms with Gasteiger partial charge in [-0.3, -0.25) is 14.6 Å². The number of aromatic nitrogens is 3. The molecular weight excluding hydrogens is 361 g/mol. The topological polar surface area (TPSA) is 96.9 Å². The van der Waals surface area contributed by atoms with Crippen molar-refractivity contribution in [2.24, 2.45) is 5.92 Å². The van der Waals surface area contributed by atoms with Crippen molar-refractivity contribution in [2.45, 2.75) is 13.8 Å². The Bertz CT molecular complexity index is 1020. The van der Waals surface area contributed by atoms with Crippen LogP contribution in [0.2, 0.25) is 0 Å².